The van der Waals surface area contributed by atoms with Crippen molar-refractivity contribution in [2.45, 2.75) is 25.7 Å². The summed E-state index contributed by atoms with van der Waals surface area (Å²) in [6, 6.07) is 10.4. The lowest BCUT2D eigenvalue weighted by Crippen LogP contribution is -2.19. The maximum Gasteiger partial charge on any atom is 0.303 e. The van der Waals surface area contributed by atoms with Crippen LogP contribution in [0.5, 0.6) is 0 Å². The molecule has 144 valence electrons. The number of benzene rings is 1. The fourth-order valence-corrected chi connectivity index (χ4v) is 3.16. The molecule has 3 aromatic rings. The zero-order chi connectivity index (χ0) is 20.3. The number of nitrogens with two attached hydrogens (primary N) is 1. The number of anilines is 1. The number of nitrogen functional groups attached to an aromatic ring is 1. The molecule has 2 heterocycles. The Labute approximate surface area is 166 Å². The molecular weight excluding hydrogens is 380 g/mol. The van der Waals surface area contributed by atoms with E-state index in [4.69, 9.17) is 17.3 Å². The van der Waals surface area contributed by atoms with Crippen molar-refractivity contribution in [3.63, 3.8) is 0 Å². The molecule has 0 fully saturated rings. The Kier molecular flexibility index (Phi) is 5.75. The van der Waals surface area contributed by atoms with Crippen molar-refractivity contribution in [1.82, 2.24) is 14.8 Å². The van der Waals surface area contributed by atoms with Crippen molar-refractivity contribution in [3.8, 4) is 11.3 Å². The van der Waals surface area contributed by atoms with Crippen LogP contribution in [0, 0.1) is 6.92 Å². The molecule has 3 N–H and O–H groups in total. The molecule has 0 saturated carbocycles. The van der Waals surface area contributed by atoms with Gasteiger partial charge in [0.2, 0.25) is 5.91 Å². The highest BCUT2D eigenvalue weighted by Gasteiger charge is 2.24. The second kappa shape index (κ2) is 8.22. The molecule has 0 bridgehead atoms. The van der Waals surface area contributed by atoms with Crippen LogP contribution >= 0.6 is 11.6 Å². The minimum Gasteiger partial charge on any atom is -0.481 e. The SMILES string of the molecule is Cc1c(-c2ccncc2)nn(C(=O)CC(CC(=O)O)c2ccc(Cl)cc2)c1N. The van der Waals surface area contributed by atoms with Crippen molar-refractivity contribution in [2.75, 3.05) is 5.73 Å². The molecule has 28 heavy (non-hydrogen) atoms. The molecular formula is C20H19ClN4O3. The van der Waals surface area contributed by atoms with Crippen LogP contribution in [0.15, 0.2) is 48.8 Å². The number of carboxylic acid groups (broad SMARTS) is 1. The zero-order valence-corrected chi connectivity index (χ0v) is 15.9. The topological polar surface area (TPSA) is 111 Å². The summed E-state index contributed by atoms with van der Waals surface area (Å²) < 4.78 is 1.15. The van der Waals surface area contributed by atoms with E-state index in [0.717, 1.165) is 15.8 Å². The van der Waals surface area contributed by atoms with E-state index in [1.54, 1.807) is 55.7 Å². The summed E-state index contributed by atoms with van der Waals surface area (Å²) in [7, 11) is 0. The number of nitrogens with zero attached hydrogens (tertiary/aromatic N) is 3. The number of halogens is 1. The molecule has 1 aromatic carbocycles. The second-order valence-electron chi connectivity index (χ2n) is 6.45. The number of carbonyl (C=O) groups is 2. The van der Waals surface area contributed by atoms with E-state index in [-0.39, 0.29) is 24.6 Å². The van der Waals surface area contributed by atoms with Crippen LogP contribution in [0.2, 0.25) is 5.02 Å². The van der Waals surface area contributed by atoms with Gasteiger partial charge in [-0.25, -0.2) is 0 Å². The van der Waals surface area contributed by atoms with Gasteiger partial charge in [0.05, 0.1) is 12.1 Å². The van der Waals surface area contributed by atoms with Gasteiger partial charge in [0, 0.05) is 40.9 Å². The van der Waals surface area contributed by atoms with E-state index in [1.165, 1.54) is 0 Å². The zero-order valence-electron chi connectivity index (χ0n) is 15.2. The normalized spacial score (nSPS) is 11.9. The van der Waals surface area contributed by atoms with Crippen LogP contribution in [0.1, 0.15) is 34.7 Å². The molecule has 8 heteroatoms. The van der Waals surface area contributed by atoms with Crippen LogP contribution in [-0.2, 0) is 4.79 Å². The van der Waals surface area contributed by atoms with E-state index < -0.39 is 11.9 Å². The molecule has 0 amide bonds. The van der Waals surface area contributed by atoms with Crippen LogP contribution in [0.3, 0.4) is 0 Å². The van der Waals surface area contributed by atoms with Gasteiger partial charge in [-0.2, -0.15) is 9.78 Å². The Morgan fingerprint density at radius 3 is 2.39 bits per heavy atom. The molecule has 0 radical (unpaired) electrons. The average molecular weight is 399 g/mol. The summed E-state index contributed by atoms with van der Waals surface area (Å²) in [4.78, 5) is 28.1. The highest BCUT2D eigenvalue weighted by Crippen LogP contribution is 2.29. The number of carbonyl (C=O) groups excluding carboxylic acids is 1. The summed E-state index contributed by atoms with van der Waals surface area (Å²) in [6.45, 7) is 1.79. The Hall–Kier alpha value is -3.19. The van der Waals surface area contributed by atoms with E-state index in [2.05, 4.69) is 10.1 Å². The minimum atomic E-state index is -0.991. The van der Waals surface area contributed by atoms with E-state index >= 15 is 0 Å². The van der Waals surface area contributed by atoms with Gasteiger partial charge in [-0.1, -0.05) is 23.7 Å². The third-order valence-corrected chi connectivity index (χ3v) is 4.79. The molecule has 3 rings (SSSR count). The quantitative estimate of drug-likeness (QED) is 0.653. The van der Waals surface area contributed by atoms with Gasteiger partial charge in [-0.05, 0) is 36.8 Å². The molecule has 2 aromatic heterocycles. The van der Waals surface area contributed by atoms with Gasteiger partial charge in [0.1, 0.15) is 5.82 Å². The lowest BCUT2D eigenvalue weighted by molar-refractivity contribution is -0.137. The number of rotatable bonds is 6. The highest BCUT2D eigenvalue weighted by atomic mass is 35.5. The first kappa shape index (κ1) is 19.6. The largest absolute Gasteiger partial charge is 0.481 e. The molecule has 0 aliphatic heterocycles. The lowest BCUT2D eigenvalue weighted by atomic mass is 9.92. The standard InChI is InChI=1S/C20H19ClN4O3/c1-12-19(14-6-8-23-9-7-14)24-25(20(12)22)17(26)10-15(11-18(27)28)13-2-4-16(21)5-3-13/h2-9,15H,10-11,22H2,1H3,(H,27,28). The van der Waals surface area contributed by atoms with E-state index in [1.807, 2.05) is 0 Å². The molecule has 1 atom stereocenters. The maximum atomic E-state index is 12.9. The number of pyridine rings is 1. The Morgan fingerprint density at radius 2 is 1.79 bits per heavy atom. The monoisotopic (exact) mass is 398 g/mol. The first-order chi connectivity index (χ1) is 13.4. The average Bonchev–Trinajstić information content (AvgIpc) is 2.97. The number of carboxylic acids is 1. The predicted molar refractivity (Wildman–Crippen MR) is 106 cm³/mol. The number of aliphatic carboxylic acids is 1. The van der Waals surface area contributed by atoms with E-state index in [0.29, 0.717) is 16.3 Å². The lowest BCUT2D eigenvalue weighted by Gasteiger charge is -2.15. The van der Waals surface area contributed by atoms with Crippen LogP contribution in [0.25, 0.3) is 11.3 Å². The number of aromatic nitrogens is 3. The van der Waals surface area contributed by atoms with Crippen molar-refractivity contribution in [3.05, 3.63) is 64.9 Å². The number of hydrogen-bond donors (Lipinski definition) is 2. The third-order valence-electron chi connectivity index (χ3n) is 4.54. The maximum absolute atomic E-state index is 12.9. The summed E-state index contributed by atoms with van der Waals surface area (Å²) in [5, 5.41) is 14.1. The summed E-state index contributed by atoms with van der Waals surface area (Å²) in [5.41, 5.74) is 8.90. The van der Waals surface area contributed by atoms with E-state index in [9.17, 15) is 14.7 Å². The molecule has 7 nitrogen and oxygen atoms in total. The molecule has 1 unspecified atom stereocenters. The first-order valence-corrected chi connectivity index (χ1v) is 9.00. The summed E-state index contributed by atoms with van der Waals surface area (Å²) in [5.74, 6) is -1.64. The fourth-order valence-electron chi connectivity index (χ4n) is 3.03. The van der Waals surface area contributed by atoms with Crippen LogP contribution in [0.4, 0.5) is 5.82 Å². The van der Waals surface area contributed by atoms with Crippen molar-refractivity contribution < 1.29 is 14.7 Å². The Bertz CT molecular complexity index is 1000. The highest BCUT2D eigenvalue weighted by molar-refractivity contribution is 6.30. The minimum absolute atomic E-state index is 0.0466. The third kappa shape index (κ3) is 4.20. The molecule has 0 saturated heterocycles. The molecule has 0 spiro atoms. The fraction of sp³-hybridized carbons (Fsp3) is 0.200. The predicted octanol–water partition coefficient (Wildman–Crippen LogP) is 3.78. The summed E-state index contributed by atoms with van der Waals surface area (Å²) >= 11 is 5.90. The van der Waals surface area contributed by atoms with Gasteiger partial charge in [0.15, 0.2) is 0 Å². The van der Waals surface area contributed by atoms with Crippen LogP contribution < -0.4 is 5.73 Å². The Balaban J connectivity index is 1.90. The molecule has 0 aliphatic carbocycles. The number of hydrogen-bond acceptors (Lipinski definition) is 5. The van der Waals surface area contributed by atoms with Crippen molar-refractivity contribution in [1.29, 1.82) is 0 Å². The van der Waals surface area contributed by atoms with Crippen molar-refractivity contribution >= 4 is 29.3 Å². The van der Waals surface area contributed by atoms with Gasteiger partial charge in [0.25, 0.3) is 0 Å². The molecule has 0 aliphatic rings. The summed E-state index contributed by atoms with van der Waals surface area (Å²) in [6.07, 6.45) is 3.03. The smallest absolute Gasteiger partial charge is 0.303 e. The van der Waals surface area contributed by atoms with Crippen LogP contribution in [-0.4, -0.2) is 31.7 Å². The van der Waals surface area contributed by atoms with Gasteiger partial charge >= 0.3 is 5.97 Å². The van der Waals surface area contributed by atoms with Crippen molar-refractivity contribution in [2.24, 2.45) is 0 Å². The Morgan fingerprint density at radius 1 is 1.14 bits per heavy atom. The van der Waals surface area contributed by atoms with Gasteiger partial charge in [-0.15, -0.1) is 0 Å². The first-order valence-electron chi connectivity index (χ1n) is 8.62. The van der Waals surface area contributed by atoms with Gasteiger partial charge < -0.3 is 10.8 Å². The second-order valence-corrected chi connectivity index (χ2v) is 6.89. The van der Waals surface area contributed by atoms with Gasteiger partial charge in [-0.3, -0.25) is 14.6 Å².